The molecule has 0 heterocycles. The van der Waals surface area contributed by atoms with Crippen LogP contribution in [0.15, 0.2) is 18.2 Å². The molecule has 0 fully saturated rings. The second-order valence-corrected chi connectivity index (χ2v) is 4.24. The molecule has 4 nitrogen and oxygen atoms in total. The number of likely N-dealkylation sites (N-methyl/N-ethyl adjacent to an activating group) is 1. The van der Waals surface area contributed by atoms with Crippen molar-refractivity contribution >= 4 is 23.2 Å². The summed E-state index contributed by atoms with van der Waals surface area (Å²) < 4.78 is 0. The normalized spacial score (nSPS) is 10.1. The van der Waals surface area contributed by atoms with Crippen molar-refractivity contribution < 1.29 is 15.3 Å². The van der Waals surface area contributed by atoms with Crippen molar-refractivity contribution in [1.29, 1.82) is 0 Å². The van der Waals surface area contributed by atoms with E-state index in [1.54, 1.807) is 12.1 Å². The molecule has 18 heavy (non-hydrogen) atoms. The third-order valence-corrected chi connectivity index (χ3v) is 3.02. The summed E-state index contributed by atoms with van der Waals surface area (Å²) in [5.74, 6) is 0.0177. The first kappa shape index (κ1) is 17.5. The fourth-order valence-electron chi connectivity index (χ4n) is 1.20. The van der Waals surface area contributed by atoms with Crippen LogP contribution in [0.1, 0.15) is 6.92 Å². The van der Waals surface area contributed by atoms with Crippen LogP contribution in [0.5, 0.6) is 5.75 Å². The lowest BCUT2D eigenvalue weighted by molar-refractivity contribution is 0.166. The highest BCUT2D eigenvalue weighted by Crippen LogP contribution is 2.29. The van der Waals surface area contributed by atoms with E-state index in [9.17, 15) is 0 Å². The highest BCUT2D eigenvalue weighted by Gasteiger charge is 1.99. The van der Waals surface area contributed by atoms with E-state index in [4.69, 9.17) is 38.5 Å². The van der Waals surface area contributed by atoms with Crippen LogP contribution in [0.25, 0.3) is 0 Å². The first-order chi connectivity index (χ1) is 8.56. The predicted octanol–water partition coefficient (Wildman–Crippen LogP) is 1.99. The Morgan fingerprint density at radius 3 is 2.00 bits per heavy atom. The lowest BCUT2D eigenvalue weighted by atomic mass is 10.3. The average Bonchev–Trinajstić information content (AvgIpc) is 2.36. The number of halogens is 2. The maximum atomic E-state index is 8.88. The van der Waals surface area contributed by atoms with Gasteiger partial charge in [-0.05, 0) is 18.7 Å². The van der Waals surface area contributed by atoms with E-state index < -0.39 is 0 Å². The Balaban J connectivity index is 0.000000321. The van der Waals surface area contributed by atoms with Crippen LogP contribution in [-0.2, 0) is 0 Å². The smallest absolute Gasteiger partial charge is 0.135 e. The maximum absolute atomic E-state index is 8.88. The Morgan fingerprint density at radius 1 is 1.11 bits per heavy atom. The molecule has 0 amide bonds. The molecule has 0 aliphatic carbocycles. The number of nitrogens with zero attached hydrogens (tertiary/aromatic N) is 1. The van der Waals surface area contributed by atoms with E-state index in [0.717, 1.165) is 6.54 Å². The molecule has 0 spiro atoms. The van der Waals surface area contributed by atoms with Crippen molar-refractivity contribution in [3.63, 3.8) is 0 Å². The number of aliphatic hydroxyl groups excluding tert-OH is 2. The van der Waals surface area contributed by atoms with E-state index in [1.807, 2.05) is 11.8 Å². The van der Waals surface area contributed by atoms with Gasteiger partial charge in [0.05, 0.1) is 18.2 Å². The SMILES string of the molecule is CCN(CCO)CCO.Oc1cccc(Cl)c1Cl. The number of aliphatic hydroxyl groups is 2. The van der Waals surface area contributed by atoms with Crippen LogP contribution >= 0.6 is 23.2 Å². The van der Waals surface area contributed by atoms with Gasteiger partial charge >= 0.3 is 0 Å². The van der Waals surface area contributed by atoms with E-state index in [2.05, 4.69) is 0 Å². The molecule has 0 bridgehead atoms. The monoisotopic (exact) mass is 295 g/mol. The first-order valence-electron chi connectivity index (χ1n) is 5.63. The van der Waals surface area contributed by atoms with Crippen LogP contribution in [0.4, 0.5) is 0 Å². The Labute approximate surface area is 117 Å². The van der Waals surface area contributed by atoms with Gasteiger partial charge < -0.3 is 15.3 Å². The minimum Gasteiger partial charge on any atom is -0.506 e. The number of rotatable bonds is 5. The molecule has 0 unspecified atom stereocenters. The second-order valence-electron chi connectivity index (χ2n) is 3.45. The number of phenols is 1. The quantitative estimate of drug-likeness (QED) is 0.777. The van der Waals surface area contributed by atoms with Gasteiger partial charge in [-0.1, -0.05) is 36.2 Å². The average molecular weight is 296 g/mol. The number of phenolic OH excluding ortho intramolecular Hbond substituents is 1. The Hall–Kier alpha value is -0.520. The van der Waals surface area contributed by atoms with Gasteiger partial charge in [-0.25, -0.2) is 0 Å². The van der Waals surface area contributed by atoms with E-state index in [1.165, 1.54) is 6.07 Å². The van der Waals surface area contributed by atoms with Crippen LogP contribution < -0.4 is 0 Å². The summed E-state index contributed by atoms with van der Waals surface area (Å²) in [6.07, 6.45) is 0. The zero-order valence-corrected chi connectivity index (χ0v) is 11.8. The van der Waals surface area contributed by atoms with Crippen LogP contribution in [-0.4, -0.2) is 53.1 Å². The Kier molecular flexibility index (Phi) is 10.1. The van der Waals surface area contributed by atoms with Gasteiger partial charge in [0, 0.05) is 13.1 Å². The first-order valence-corrected chi connectivity index (χ1v) is 6.39. The van der Waals surface area contributed by atoms with Gasteiger partial charge in [0.15, 0.2) is 0 Å². The van der Waals surface area contributed by atoms with Gasteiger partial charge in [0.1, 0.15) is 10.8 Å². The molecular weight excluding hydrogens is 277 g/mol. The number of aromatic hydroxyl groups is 1. The van der Waals surface area contributed by atoms with Gasteiger partial charge in [-0.2, -0.15) is 0 Å². The zero-order valence-electron chi connectivity index (χ0n) is 10.3. The topological polar surface area (TPSA) is 63.9 Å². The Morgan fingerprint density at radius 2 is 1.67 bits per heavy atom. The van der Waals surface area contributed by atoms with E-state index >= 15 is 0 Å². The molecule has 1 rings (SSSR count). The third kappa shape index (κ3) is 7.03. The van der Waals surface area contributed by atoms with Crippen molar-refractivity contribution in [3.05, 3.63) is 28.2 Å². The molecule has 0 radical (unpaired) electrons. The van der Waals surface area contributed by atoms with Crippen LogP contribution in [0.2, 0.25) is 10.0 Å². The highest BCUT2D eigenvalue weighted by atomic mass is 35.5. The number of hydrogen-bond donors (Lipinski definition) is 3. The second kappa shape index (κ2) is 10.4. The predicted molar refractivity (Wildman–Crippen MR) is 74.4 cm³/mol. The largest absolute Gasteiger partial charge is 0.506 e. The molecule has 0 saturated heterocycles. The van der Waals surface area contributed by atoms with E-state index in [-0.39, 0.29) is 24.0 Å². The number of benzene rings is 1. The molecular formula is C12H19Cl2NO3. The lowest BCUT2D eigenvalue weighted by Crippen LogP contribution is -2.29. The van der Waals surface area contributed by atoms with Crippen LogP contribution in [0.3, 0.4) is 0 Å². The van der Waals surface area contributed by atoms with Gasteiger partial charge in [-0.15, -0.1) is 0 Å². The van der Waals surface area contributed by atoms with Gasteiger partial charge in [0.25, 0.3) is 0 Å². The van der Waals surface area contributed by atoms with E-state index in [0.29, 0.717) is 18.1 Å². The van der Waals surface area contributed by atoms with Crippen molar-refractivity contribution in [2.75, 3.05) is 32.8 Å². The lowest BCUT2D eigenvalue weighted by Gasteiger charge is -2.16. The standard InChI is InChI=1S/C6H4Cl2O.C6H15NO2/c7-4-2-1-3-5(9)6(4)8;1-2-7(3-5-8)4-6-9/h1-3,9H;8-9H,2-6H2,1H3. The van der Waals surface area contributed by atoms with Gasteiger partial charge in [0.2, 0.25) is 0 Å². The summed E-state index contributed by atoms with van der Waals surface area (Å²) in [7, 11) is 0. The molecule has 0 aliphatic rings. The van der Waals surface area contributed by atoms with Crippen molar-refractivity contribution in [1.82, 2.24) is 4.90 Å². The molecule has 0 saturated carbocycles. The molecule has 1 aromatic carbocycles. The maximum Gasteiger partial charge on any atom is 0.135 e. The summed E-state index contributed by atoms with van der Waals surface area (Å²) in [6.45, 7) is 4.57. The highest BCUT2D eigenvalue weighted by molar-refractivity contribution is 6.42. The fourth-order valence-corrected chi connectivity index (χ4v) is 1.50. The van der Waals surface area contributed by atoms with Crippen molar-refractivity contribution in [3.8, 4) is 5.75 Å². The summed E-state index contributed by atoms with van der Waals surface area (Å²) in [5.41, 5.74) is 0. The van der Waals surface area contributed by atoms with Crippen molar-refractivity contribution in [2.24, 2.45) is 0 Å². The summed E-state index contributed by atoms with van der Waals surface area (Å²) in [6, 6.07) is 4.72. The molecule has 0 atom stereocenters. The third-order valence-electron chi connectivity index (χ3n) is 2.21. The van der Waals surface area contributed by atoms with Gasteiger partial charge in [-0.3, -0.25) is 4.90 Å². The van der Waals surface area contributed by atoms with Crippen molar-refractivity contribution in [2.45, 2.75) is 6.92 Å². The summed E-state index contributed by atoms with van der Waals surface area (Å²) >= 11 is 11.0. The fraction of sp³-hybridized carbons (Fsp3) is 0.500. The molecule has 0 aromatic heterocycles. The zero-order chi connectivity index (χ0) is 14.0. The molecule has 1 aromatic rings. The Bertz CT molecular complexity index is 311. The number of hydrogen-bond acceptors (Lipinski definition) is 4. The molecule has 104 valence electrons. The van der Waals surface area contributed by atoms with Crippen LogP contribution in [0, 0.1) is 0 Å². The molecule has 3 N–H and O–H groups in total. The minimum absolute atomic E-state index is 0.0177. The summed E-state index contributed by atoms with van der Waals surface area (Å²) in [5, 5.41) is 26.4. The summed E-state index contributed by atoms with van der Waals surface area (Å²) in [4.78, 5) is 1.99. The molecule has 0 aliphatic heterocycles. The molecule has 6 heteroatoms. The minimum atomic E-state index is 0.0177.